The number of nitrogens with one attached hydrogen (secondary N) is 2. The van der Waals surface area contributed by atoms with Gasteiger partial charge in [-0.25, -0.2) is 0 Å². The third-order valence-corrected chi connectivity index (χ3v) is 8.00. The lowest BCUT2D eigenvalue weighted by Gasteiger charge is -2.33. The van der Waals surface area contributed by atoms with E-state index >= 15 is 0 Å². The largest absolute Gasteiger partial charge is 0.322 e. The number of fused-ring (bicyclic) bond motifs is 1. The zero-order valence-corrected chi connectivity index (χ0v) is 20.1. The molecule has 34 heavy (non-hydrogen) atoms. The highest BCUT2D eigenvalue weighted by Gasteiger charge is 2.39. The van der Waals surface area contributed by atoms with Gasteiger partial charge in [0.25, 0.3) is 5.91 Å². The Morgan fingerprint density at radius 1 is 0.941 bits per heavy atom. The maximum Gasteiger partial charge on any atom is 0.255 e. The fraction of sp³-hybridized carbons (Fsp3) is 0.654. The van der Waals surface area contributed by atoms with E-state index in [1.54, 1.807) is 4.90 Å². The molecule has 8 nitrogen and oxygen atoms in total. The van der Waals surface area contributed by atoms with Crippen LogP contribution in [-0.2, 0) is 22.7 Å². The van der Waals surface area contributed by atoms with Crippen LogP contribution in [0.1, 0.15) is 60.0 Å². The summed E-state index contributed by atoms with van der Waals surface area (Å²) < 4.78 is 0. The normalized spacial score (nSPS) is 25.0. The maximum atomic E-state index is 12.9. The minimum atomic E-state index is -0.549. The van der Waals surface area contributed by atoms with Gasteiger partial charge in [0.05, 0.1) is 0 Å². The lowest BCUT2D eigenvalue weighted by Crippen LogP contribution is -2.52. The Morgan fingerprint density at radius 2 is 1.74 bits per heavy atom. The van der Waals surface area contributed by atoms with Crippen LogP contribution in [0.3, 0.4) is 0 Å². The van der Waals surface area contributed by atoms with Crippen LogP contribution < -0.4 is 10.6 Å². The molecule has 3 fully saturated rings. The van der Waals surface area contributed by atoms with Gasteiger partial charge in [0, 0.05) is 51.3 Å². The van der Waals surface area contributed by atoms with Crippen LogP contribution in [0.4, 0.5) is 0 Å². The fourth-order valence-electron chi connectivity index (χ4n) is 5.96. The molecule has 1 atom stereocenters. The second-order valence-electron chi connectivity index (χ2n) is 10.3. The van der Waals surface area contributed by atoms with Crippen molar-refractivity contribution in [2.24, 2.45) is 5.92 Å². The number of carbonyl (C=O) groups excluding carboxylic acids is 3. The molecule has 5 rings (SSSR count). The van der Waals surface area contributed by atoms with Crippen LogP contribution >= 0.6 is 0 Å². The molecule has 0 aliphatic carbocycles. The molecule has 4 aliphatic rings. The number of hydrogen-bond acceptors (Lipinski definition) is 6. The predicted octanol–water partition coefficient (Wildman–Crippen LogP) is 1.35. The van der Waals surface area contributed by atoms with Crippen molar-refractivity contribution in [2.75, 3.05) is 45.8 Å². The Hall–Kier alpha value is -2.29. The van der Waals surface area contributed by atoms with Crippen molar-refractivity contribution in [3.63, 3.8) is 0 Å². The summed E-state index contributed by atoms with van der Waals surface area (Å²) in [6, 6.07) is 5.57. The second kappa shape index (κ2) is 10.5. The Morgan fingerprint density at radius 3 is 2.50 bits per heavy atom. The quantitative estimate of drug-likeness (QED) is 0.589. The van der Waals surface area contributed by atoms with Gasteiger partial charge in [0.2, 0.25) is 11.8 Å². The summed E-state index contributed by atoms with van der Waals surface area (Å²) in [4.78, 5) is 43.4. The molecule has 184 valence electrons. The number of amides is 3. The molecular weight excluding hydrogens is 430 g/mol. The van der Waals surface area contributed by atoms with Gasteiger partial charge < -0.3 is 15.1 Å². The van der Waals surface area contributed by atoms with Crippen molar-refractivity contribution >= 4 is 17.7 Å². The van der Waals surface area contributed by atoms with Gasteiger partial charge in [-0.15, -0.1) is 0 Å². The topological polar surface area (TPSA) is 85.0 Å². The Kier molecular flexibility index (Phi) is 7.27. The lowest BCUT2D eigenvalue weighted by atomic mass is 9.91. The van der Waals surface area contributed by atoms with Crippen LogP contribution in [0, 0.1) is 5.92 Å². The third kappa shape index (κ3) is 5.34. The molecule has 0 aromatic heterocycles. The molecule has 4 aliphatic heterocycles. The van der Waals surface area contributed by atoms with E-state index in [-0.39, 0.29) is 24.1 Å². The molecule has 0 spiro atoms. The molecule has 4 heterocycles. The minimum absolute atomic E-state index is 0.0994. The SMILES string of the molecule is O=C1CCC(N2Cc3cc(CN4CCC(CCCN5CCNCC5)CC4)ccc3C2=O)C(=O)N1. The van der Waals surface area contributed by atoms with E-state index < -0.39 is 6.04 Å². The van der Waals surface area contributed by atoms with Gasteiger partial charge in [-0.05, 0) is 74.8 Å². The number of likely N-dealkylation sites (tertiary alicyclic amines) is 1. The molecule has 1 unspecified atom stereocenters. The number of piperazine rings is 1. The molecule has 0 bridgehead atoms. The van der Waals surface area contributed by atoms with Crippen molar-refractivity contribution < 1.29 is 14.4 Å². The number of rotatable bonds is 7. The Balaban J connectivity index is 1.09. The van der Waals surface area contributed by atoms with E-state index in [1.165, 1.54) is 50.9 Å². The van der Waals surface area contributed by atoms with E-state index in [9.17, 15) is 14.4 Å². The zero-order chi connectivity index (χ0) is 23.5. The van der Waals surface area contributed by atoms with E-state index in [4.69, 9.17) is 0 Å². The van der Waals surface area contributed by atoms with Crippen molar-refractivity contribution in [1.29, 1.82) is 0 Å². The Bertz CT molecular complexity index is 921. The highest BCUT2D eigenvalue weighted by Crippen LogP contribution is 2.29. The maximum absolute atomic E-state index is 12.9. The average molecular weight is 468 g/mol. The highest BCUT2D eigenvalue weighted by atomic mass is 16.2. The molecule has 0 saturated carbocycles. The van der Waals surface area contributed by atoms with Gasteiger partial charge in [-0.2, -0.15) is 0 Å². The Labute approximate surface area is 202 Å². The number of piperidine rings is 2. The van der Waals surface area contributed by atoms with Crippen LogP contribution in [-0.4, -0.2) is 84.3 Å². The summed E-state index contributed by atoms with van der Waals surface area (Å²) in [7, 11) is 0. The monoisotopic (exact) mass is 467 g/mol. The van der Waals surface area contributed by atoms with E-state index in [2.05, 4.69) is 32.6 Å². The first-order valence-corrected chi connectivity index (χ1v) is 13.0. The molecule has 1 aromatic rings. The van der Waals surface area contributed by atoms with Gasteiger partial charge in [-0.1, -0.05) is 12.1 Å². The van der Waals surface area contributed by atoms with Crippen LogP contribution in [0.15, 0.2) is 18.2 Å². The minimum Gasteiger partial charge on any atom is -0.322 e. The summed E-state index contributed by atoms with van der Waals surface area (Å²) in [5, 5.41) is 5.79. The smallest absolute Gasteiger partial charge is 0.255 e. The van der Waals surface area contributed by atoms with Gasteiger partial charge in [-0.3, -0.25) is 24.6 Å². The first kappa shape index (κ1) is 23.5. The summed E-state index contributed by atoms with van der Waals surface area (Å²) >= 11 is 0. The summed E-state index contributed by atoms with van der Waals surface area (Å²) in [6.45, 7) is 9.51. The highest BCUT2D eigenvalue weighted by molar-refractivity contribution is 6.05. The molecule has 0 radical (unpaired) electrons. The van der Waals surface area contributed by atoms with Crippen molar-refractivity contribution in [1.82, 2.24) is 25.3 Å². The first-order valence-electron chi connectivity index (χ1n) is 13.0. The van der Waals surface area contributed by atoms with Crippen LogP contribution in [0.5, 0.6) is 0 Å². The van der Waals surface area contributed by atoms with Gasteiger partial charge in [0.15, 0.2) is 0 Å². The van der Waals surface area contributed by atoms with Crippen LogP contribution in [0.25, 0.3) is 0 Å². The van der Waals surface area contributed by atoms with Crippen molar-refractivity contribution in [2.45, 2.75) is 57.7 Å². The fourth-order valence-corrected chi connectivity index (χ4v) is 5.96. The summed E-state index contributed by atoms with van der Waals surface area (Å²) in [6.07, 6.45) is 5.89. The number of imide groups is 1. The van der Waals surface area contributed by atoms with E-state index in [0.29, 0.717) is 18.5 Å². The average Bonchev–Trinajstić information content (AvgIpc) is 3.16. The summed E-state index contributed by atoms with van der Waals surface area (Å²) in [5.74, 6) is 0.140. The summed E-state index contributed by atoms with van der Waals surface area (Å²) in [5.41, 5.74) is 2.92. The lowest BCUT2D eigenvalue weighted by molar-refractivity contribution is -0.136. The number of benzene rings is 1. The second-order valence-corrected chi connectivity index (χ2v) is 10.3. The predicted molar refractivity (Wildman–Crippen MR) is 129 cm³/mol. The van der Waals surface area contributed by atoms with Gasteiger partial charge >= 0.3 is 0 Å². The number of hydrogen-bond donors (Lipinski definition) is 2. The molecule has 3 saturated heterocycles. The van der Waals surface area contributed by atoms with Crippen LogP contribution in [0.2, 0.25) is 0 Å². The number of nitrogens with zero attached hydrogens (tertiary/aromatic N) is 3. The molecule has 2 N–H and O–H groups in total. The van der Waals surface area contributed by atoms with E-state index in [0.717, 1.165) is 44.2 Å². The molecular formula is C26H37N5O3. The van der Waals surface area contributed by atoms with Gasteiger partial charge in [0.1, 0.15) is 6.04 Å². The first-order chi connectivity index (χ1) is 16.6. The zero-order valence-electron chi connectivity index (χ0n) is 20.1. The molecule has 1 aromatic carbocycles. The van der Waals surface area contributed by atoms with Crippen molar-refractivity contribution in [3.05, 3.63) is 34.9 Å². The third-order valence-electron chi connectivity index (χ3n) is 8.00. The molecule has 3 amide bonds. The van der Waals surface area contributed by atoms with Crippen molar-refractivity contribution in [3.8, 4) is 0 Å². The molecule has 8 heteroatoms. The standard InChI is InChI=1S/C26H37N5O3/c32-24-6-5-23(25(33)28-24)31-18-21-16-20(3-4-22(21)26(31)34)17-30-12-7-19(8-13-30)2-1-11-29-14-9-27-10-15-29/h3-4,16,19,23,27H,1-2,5-15,17-18H2,(H,28,32,33). The number of carbonyl (C=O) groups is 3. The van der Waals surface area contributed by atoms with E-state index in [1.807, 2.05) is 6.07 Å².